The molecule has 0 fully saturated rings. The minimum atomic E-state index is 0.273. The molecular weight excluding hydrogens is 212 g/mol. The van der Waals surface area contributed by atoms with Crippen molar-refractivity contribution in [1.82, 2.24) is 15.0 Å². The molecule has 0 aliphatic heterocycles. The van der Waals surface area contributed by atoms with Crippen LogP contribution in [0, 0.1) is 0 Å². The van der Waals surface area contributed by atoms with Gasteiger partial charge in [0.1, 0.15) is 5.82 Å². The van der Waals surface area contributed by atoms with E-state index in [1.54, 1.807) is 0 Å². The lowest BCUT2D eigenvalue weighted by Crippen LogP contribution is -2.08. The summed E-state index contributed by atoms with van der Waals surface area (Å²) < 4.78 is 0. The van der Waals surface area contributed by atoms with Gasteiger partial charge in [-0.1, -0.05) is 20.3 Å². The van der Waals surface area contributed by atoms with Crippen molar-refractivity contribution in [2.45, 2.75) is 39.5 Å². The third-order valence-electron chi connectivity index (χ3n) is 1.94. The highest BCUT2D eigenvalue weighted by Gasteiger charge is 2.03. The molecule has 15 heavy (non-hydrogen) atoms. The molecule has 84 valence electrons. The Kier molecular flexibility index (Phi) is 5.32. The van der Waals surface area contributed by atoms with Crippen LogP contribution in [0.15, 0.2) is 0 Å². The van der Waals surface area contributed by atoms with E-state index >= 15 is 0 Å². The number of hydrogen-bond donors (Lipinski definition) is 1. The number of halogens is 1. The second kappa shape index (κ2) is 6.56. The molecule has 0 aromatic carbocycles. The Balaban J connectivity index is 2.66. The fraction of sp³-hybridized carbons (Fsp3) is 0.700. The summed E-state index contributed by atoms with van der Waals surface area (Å²) in [7, 11) is 0. The van der Waals surface area contributed by atoms with Crippen molar-refractivity contribution in [3.8, 4) is 0 Å². The fourth-order valence-electron chi connectivity index (χ4n) is 1.15. The van der Waals surface area contributed by atoms with Crippen molar-refractivity contribution >= 4 is 17.5 Å². The van der Waals surface area contributed by atoms with E-state index < -0.39 is 0 Å². The van der Waals surface area contributed by atoms with Gasteiger partial charge in [-0.2, -0.15) is 9.97 Å². The summed E-state index contributed by atoms with van der Waals surface area (Å²) in [5.41, 5.74) is 0. The number of aromatic nitrogens is 3. The highest BCUT2D eigenvalue weighted by Crippen LogP contribution is 2.08. The van der Waals surface area contributed by atoms with E-state index in [9.17, 15) is 0 Å². The molecule has 1 aromatic heterocycles. The van der Waals surface area contributed by atoms with Gasteiger partial charge in [0.25, 0.3) is 0 Å². The van der Waals surface area contributed by atoms with Crippen molar-refractivity contribution in [3.05, 3.63) is 11.1 Å². The van der Waals surface area contributed by atoms with E-state index in [1.807, 2.05) is 0 Å². The average Bonchev–Trinajstić information content (AvgIpc) is 2.23. The predicted molar refractivity (Wildman–Crippen MR) is 62.2 cm³/mol. The Bertz CT molecular complexity index is 277. The topological polar surface area (TPSA) is 50.7 Å². The number of unbranched alkanes of at least 4 members (excludes halogenated alkanes) is 1. The molecule has 0 saturated heterocycles. The number of nitrogens with one attached hydrogen (secondary N) is 1. The van der Waals surface area contributed by atoms with Crippen molar-refractivity contribution in [2.24, 2.45) is 0 Å². The molecule has 0 amide bonds. The summed E-state index contributed by atoms with van der Waals surface area (Å²) in [4.78, 5) is 12.4. The normalized spacial score (nSPS) is 10.3. The third kappa shape index (κ3) is 4.42. The van der Waals surface area contributed by atoms with Crippen molar-refractivity contribution in [2.75, 3.05) is 11.9 Å². The average molecular weight is 229 g/mol. The van der Waals surface area contributed by atoms with Crippen LogP contribution in [-0.4, -0.2) is 21.5 Å². The molecular formula is C10H17ClN4. The number of aryl methyl sites for hydroxylation is 1. The molecule has 4 nitrogen and oxygen atoms in total. The Labute approximate surface area is 95.5 Å². The number of anilines is 1. The molecule has 0 atom stereocenters. The lowest BCUT2D eigenvalue weighted by Gasteiger charge is -2.05. The van der Waals surface area contributed by atoms with E-state index in [0.717, 1.165) is 38.1 Å². The van der Waals surface area contributed by atoms with Gasteiger partial charge in [0, 0.05) is 13.0 Å². The number of nitrogens with zero attached hydrogens (tertiary/aromatic N) is 3. The van der Waals surface area contributed by atoms with Crippen LogP contribution in [0.4, 0.5) is 5.95 Å². The maximum atomic E-state index is 5.81. The van der Waals surface area contributed by atoms with Crippen molar-refractivity contribution in [1.29, 1.82) is 0 Å². The van der Waals surface area contributed by atoms with Crippen molar-refractivity contribution < 1.29 is 0 Å². The quantitative estimate of drug-likeness (QED) is 0.814. The van der Waals surface area contributed by atoms with Crippen LogP contribution in [0.2, 0.25) is 5.28 Å². The summed E-state index contributed by atoms with van der Waals surface area (Å²) in [6.07, 6.45) is 4.10. The first kappa shape index (κ1) is 12.2. The second-order valence-corrected chi connectivity index (χ2v) is 3.71. The molecule has 0 unspecified atom stereocenters. The first-order valence-corrected chi connectivity index (χ1v) is 5.78. The lowest BCUT2D eigenvalue weighted by molar-refractivity contribution is 0.744. The van der Waals surface area contributed by atoms with Crippen molar-refractivity contribution in [3.63, 3.8) is 0 Å². The molecule has 1 heterocycles. The van der Waals surface area contributed by atoms with E-state index in [0.29, 0.717) is 5.95 Å². The van der Waals surface area contributed by atoms with Crippen LogP contribution >= 0.6 is 11.6 Å². The second-order valence-electron chi connectivity index (χ2n) is 3.37. The Morgan fingerprint density at radius 1 is 1.13 bits per heavy atom. The molecule has 0 spiro atoms. The van der Waals surface area contributed by atoms with Gasteiger partial charge in [-0.05, 0) is 24.4 Å². The lowest BCUT2D eigenvalue weighted by atomic mass is 10.2. The minimum Gasteiger partial charge on any atom is -0.354 e. The van der Waals surface area contributed by atoms with Crippen LogP contribution in [-0.2, 0) is 6.42 Å². The smallest absolute Gasteiger partial charge is 0.227 e. The highest BCUT2D eigenvalue weighted by atomic mass is 35.5. The molecule has 1 N–H and O–H groups in total. The summed E-state index contributed by atoms with van der Waals surface area (Å²) in [5.74, 6) is 1.36. The number of hydrogen-bond acceptors (Lipinski definition) is 4. The van der Waals surface area contributed by atoms with Crippen LogP contribution in [0.3, 0.4) is 0 Å². The van der Waals surface area contributed by atoms with Gasteiger partial charge in [0.2, 0.25) is 11.2 Å². The Morgan fingerprint density at radius 2 is 1.93 bits per heavy atom. The van der Waals surface area contributed by atoms with Gasteiger partial charge in [0.15, 0.2) is 0 Å². The zero-order chi connectivity index (χ0) is 11.1. The summed E-state index contributed by atoms with van der Waals surface area (Å²) >= 11 is 5.81. The number of rotatable bonds is 6. The SMILES string of the molecule is CCCCc1nc(Cl)nc(NCCC)n1. The zero-order valence-corrected chi connectivity index (χ0v) is 10.0. The summed E-state index contributed by atoms with van der Waals surface area (Å²) in [5, 5.41) is 3.38. The maximum Gasteiger partial charge on any atom is 0.227 e. The van der Waals surface area contributed by atoms with Gasteiger partial charge >= 0.3 is 0 Å². The molecule has 5 heteroatoms. The molecule has 1 rings (SSSR count). The Hall–Kier alpha value is -0.900. The van der Waals surface area contributed by atoms with E-state index in [1.165, 1.54) is 0 Å². The molecule has 0 radical (unpaired) electrons. The highest BCUT2D eigenvalue weighted by molar-refractivity contribution is 6.28. The predicted octanol–water partition coefficient (Wildman–Crippen LogP) is 2.69. The standard InChI is InChI=1S/C10H17ClN4/c1-3-5-6-8-13-9(11)15-10(14-8)12-7-4-2/h3-7H2,1-2H3,(H,12,13,14,15). The third-order valence-corrected chi connectivity index (χ3v) is 2.11. The Morgan fingerprint density at radius 3 is 2.60 bits per heavy atom. The first-order chi connectivity index (χ1) is 7.26. The van der Waals surface area contributed by atoms with Gasteiger partial charge in [0.05, 0.1) is 0 Å². The zero-order valence-electron chi connectivity index (χ0n) is 9.26. The summed E-state index contributed by atoms with van der Waals surface area (Å²) in [6, 6.07) is 0. The largest absolute Gasteiger partial charge is 0.354 e. The van der Waals surface area contributed by atoms with Gasteiger partial charge in [-0.3, -0.25) is 0 Å². The molecule has 0 bridgehead atoms. The van der Waals surface area contributed by atoms with Crippen LogP contribution < -0.4 is 5.32 Å². The molecule has 1 aromatic rings. The molecule has 0 aliphatic rings. The monoisotopic (exact) mass is 228 g/mol. The maximum absolute atomic E-state index is 5.81. The van der Waals surface area contributed by atoms with Gasteiger partial charge in [-0.15, -0.1) is 0 Å². The fourth-order valence-corrected chi connectivity index (χ4v) is 1.33. The van der Waals surface area contributed by atoms with Crippen LogP contribution in [0.5, 0.6) is 0 Å². The van der Waals surface area contributed by atoms with E-state index in [2.05, 4.69) is 34.1 Å². The van der Waals surface area contributed by atoms with Crippen LogP contribution in [0.1, 0.15) is 38.9 Å². The molecule has 0 aliphatic carbocycles. The minimum absolute atomic E-state index is 0.273. The van der Waals surface area contributed by atoms with Crippen LogP contribution in [0.25, 0.3) is 0 Å². The summed E-state index contributed by atoms with van der Waals surface area (Å²) in [6.45, 7) is 5.08. The molecule has 0 saturated carbocycles. The van der Waals surface area contributed by atoms with E-state index in [4.69, 9.17) is 11.6 Å². The van der Waals surface area contributed by atoms with Gasteiger partial charge < -0.3 is 5.32 Å². The first-order valence-electron chi connectivity index (χ1n) is 5.40. The van der Waals surface area contributed by atoms with Gasteiger partial charge in [-0.25, -0.2) is 4.98 Å². The van der Waals surface area contributed by atoms with E-state index in [-0.39, 0.29) is 5.28 Å².